The molecular formula is C15H23N3S. The fourth-order valence-electron chi connectivity index (χ4n) is 2.62. The average Bonchev–Trinajstić information content (AvgIpc) is 2.96. The molecule has 0 saturated carbocycles. The molecule has 1 aliphatic heterocycles. The van der Waals surface area contributed by atoms with Crippen LogP contribution < -0.4 is 0 Å². The molecule has 2 rings (SSSR count). The lowest BCUT2D eigenvalue weighted by Crippen LogP contribution is -2.50. The highest BCUT2D eigenvalue weighted by molar-refractivity contribution is 7.07. The van der Waals surface area contributed by atoms with Gasteiger partial charge in [0.25, 0.3) is 0 Å². The summed E-state index contributed by atoms with van der Waals surface area (Å²) in [6.07, 6.45) is 3.25. The van der Waals surface area contributed by atoms with Gasteiger partial charge in [-0.15, -0.1) is 0 Å². The summed E-state index contributed by atoms with van der Waals surface area (Å²) >= 11 is 1.78. The minimum atomic E-state index is 0.129. The molecule has 0 amide bonds. The highest BCUT2D eigenvalue weighted by atomic mass is 32.1. The Morgan fingerprint density at radius 2 is 2.16 bits per heavy atom. The molecule has 1 fully saturated rings. The van der Waals surface area contributed by atoms with E-state index < -0.39 is 0 Å². The van der Waals surface area contributed by atoms with E-state index in [0.29, 0.717) is 0 Å². The van der Waals surface area contributed by atoms with Crippen LogP contribution in [0.15, 0.2) is 16.8 Å². The van der Waals surface area contributed by atoms with Gasteiger partial charge in [-0.1, -0.05) is 13.3 Å². The van der Waals surface area contributed by atoms with Gasteiger partial charge in [0.05, 0.1) is 12.1 Å². The maximum atomic E-state index is 9.20. The summed E-state index contributed by atoms with van der Waals surface area (Å²) in [6.45, 7) is 7.60. The predicted octanol–water partition coefficient (Wildman–Crippen LogP) is 2.60. The number of rotatable bonds is 6. The quantitative estimate of drug-likeness (QED) is 0.800. The topological polar surface area (TPSA) is 30.3 Å². The number of piperazine rings is 1. The molecule has 0 radical (unpaired) electrons. The van der Waals surface area contributed by atoms with Gasteiger partial charge in [0, 0.05) is 32.7 Å². The van der Waals surface area contributed by atoms with E-state index in [4.69, 9.17) is 0 Å². The molecule has 1 aliphatic rings. The molecule has 2 heterocycles. The van der Waals surface area contributed by atoms with E-state index in [1.807, 2.05) is 0 Å². The largest absolute Gasteiger partial charge is 0.300 e. The maximum absolute atomic E-state index is 9.20. The van der Waals surface area contributed by atoms with Crippen molar-refractivity contribution in [1.82, 2.24) is 9.80 Å². The van der Waals surface area contributed by atoms with Gasteiger partial charge in [-0.3, -0.25) is 4.90 Å². The fraction of sp³-hybridized carbons (Fsp3) is 0.667. The molecular weight excluding hydrogens is 254 g/mol. The third-order valence-corrected chi connectivity index (χ3v) is 4.59. The van der Waals surface area contributed by atoms with Gasteiger partial charge in [0.2, 0.25) is 0 Å². The minimum Gasteiger partial charge on any atom is -0.300 e. The number of nitrogens with zero attached hydrogens (tertiary/aromatic N) is 3. The van der Waals surface area contributed by atoms with E-state index in [2.05, 4.69) is 39.6 Å². The summed E-state index contributed by atoms with van der Waals surface area (Å²) in [5, 5.41) is 13.6. The van der Waals surface area contributed by atoms with Crippen LogP contribution in [0.25, 0.3) is 0 Å². The van der Waals surface area contributed by atoms with Crippen molar-refractivity contribution in [2.75, 3.05) is 32.7 Å². The zero-order valence-corrected chi connectivity index (χ0v) is 12.5. The van der Waals surface area contributed by atoms with E-state index in [-0.39, 0.29) is 6.04 Å². The van der Waals surface area contributed by atoms with Crippen molar-refractivity contribution in [1.29, 1.82) is 5.26 Å². The molecule has 104 valence electrons. The Labute approximate surface area is 120 Å². The number of hydrogen-bond acceptors (Lipinski definition) is 4. The van der Waals surface area contributed by atoms with E-state index in [1.165, 1.54) is 5.56 Å². The summed E-state index contributed by atoms with van der Waals surface area (Å²) in [7, 11) is 0. The average molecular weight is 277 g/mol. The van der Waals surface area contributed by atoms with Crippen molar-refractivity contribution in [3.8, 4) is 6.07 Å². The molecule has 4 heteroatoms. The van der Waals surface area contributed by atoms with E-state index in [9.17, 15) is 5.26 Å². The first kappa shape index (κ1) is 14.5. The first-order valence-electron chi connectivity index (χ1n) is 7.20. The molecule has 1 aromatic rings. The molecule has 1 aromatic heterocycles. The van der Waals surface area contributed by atoms with Gasteiger partial charge in [-0.25, -0.2) is 0 Å². The lowest BCUT2D eigenvalue weighted by molar-refractivity contribution is 0.111. The molecule has 0 aliphatic carbocycles. The summed E-state index contributed by atoms with van der Waals surface area (Å²) < 4.78 is 0. The van der Waals surface area contributed by atoms with Crippen molar-refractivity contribution in [3.63, 3.8) is 0 Å². The lowest BCUT2D eigenvalue weighted by Gasteiger charge is -2.36. The Kier molecular flexibility index (Phi) is 5.84. The second kappa shape index (κ2) is 7.64. The standard InChI is InChI=1S/C15H23N3S/c1-2-3-15(12-16)18-9-7-17(8-10-18)6-4-14-5-11-19-13-14/h5,11,13,15H,2-4,6-10H2,1H3. The van der Waals surface area contributed by atoms with Crippen LogP contribution in [-0.4, -0.2) is 48.6 Å². The molecule has 0 aromatic carbocycles. The fourth-order valence-corrected chi connectivity index (χ4v) is 3.33. The summed E-state index contributed by atoms with van der Waals surface area (Å²) in [6, 6.07) is 4.80. The highest BCUT2D eigenvalue weighted by Gasteiger charge is 2.22. The second-order valence-corrected chi connectivity index (χ2v) is 5.97. The molecule has 19 heavy (non-hydrogen) atoms. The Morgan fingerprint density at radius 1 is 1.37 bits per heavy atom. The van der Waals surface area contributed by atoms with Gasteiger partial charge in [0.15, 0.2) is 0 Å². The van der Waals surface area contributed by atoms with E-state index in [0.717, 1.165) is 52.0 Å². The van der Waals surface area contributed by atoms with Crippen LogP contribution in [0.1, 0.15) is 25.3 Å². The van der Waals surface area contributed by atoms with Gasteiger partial charge in [0.1, 0.15) is 0 Å². The summed E-state index contributed by atoms with van der Waals surface area (Å²) in [5.74, 6) is 0. The Bertz CT molecular complexity index is 388. The Morgan fingerprint density at radius 3 is 2.74 bits per heavy atom. The maximum Gasteiger partial charge on any atom is 0.0978 e. The molecule has 1 atom stereocenters. The highest BCUT2D eigenvalue weighted by Crippen LogP contribution is 2.12. The van der Waals surface area contributed by atoms with Crippen LogP contribution in [0, 0.1) is 11.3 Å². The zero-order valence-electron chi connectivity index (χ0n) is 11.7. The number of hydrogen-bond donors (Lipinski definition) is 0. The number of thiophene rings is 1. The van der Waals surface area contributed by atoms with Crippen LogP contribution in [-0.2, 0) is 6.42 Å². The third-order valence-electron chi connectivity index (χ3n) is 3.86. The minimum absolute atomic E-state index is 0.129. The summed E-state index contributed by atoms with van der Waals surface area (Å²) in [4.78, 5) is 4.87. The lowest BCUT2D eigenvalue weighted by atomic mass is 10.1. The van der Waals surface area contributed by atoms with Crippen molar-refractivity contribution in [3.05, 3.63) is 22.4 Å². The normalized spacial score (nSPS) is 19.2. The van der Waals surface area contributed by atoms with Crippen molar-refractivity contribution in [2.24, 2.45) is 0 Å². The Hall–Kier alpha value is -0.890. The van der Waals surface area contributed by atoms with Crippen molar-refractivity contribution >= 4 is 11.3 Å². The molecule has 1 saturated heterocycles. The number of nitriles is 1. The SMILES string of the molecule is CCCC(C#N)N1CCN(CCc2ccsc2)CC1. The molecule has 3 nitrogen and oxygen atoms in total. The van der Waals surface area contributed by atoms with Crippen LogP contribution >= 0.6 is 11.3 Å². The second-order valence-electron chi connectivity index (χ2n) is 5.19. The van der Waals surface area contributed by atoms with Crippen LogP contribution in [0.3, 0.4) is 0 Å². The third kappa shape index (κ3) is 4.31. The Balaban J connectivity index is 1.71. The van der Waals surface area contributed by atoms with Gasteiger partial charge < -0.3 is 4.90 Å². The van der Waals surface area contributed by atoms with Gasteiger partial charge >= 0.3 is 0 Å². The predicted molar refractivity (Wildman–Crippen MR) is 80.3 cm³/mol. The monoisotopic (exact) mass is 277 g/mol. The smallest absolute Gasteiger partial charge is 0.0978 e. The van der Waals surface area contributed by atoms with Gasteiger partial charge in [-0.2, -0.15) is 16.6 Å². The molecule has 0 N–H and O–H groups in total. The summed E-state index contributed by atoms with van der Waals surface area (Å²) in [5.41, 5.74) is 1.45. The molecule has 0 spiro atoms. The van der Waals surface area contributed by atoms with Crippen LogP contribution in [0.5, 0.6) is 0 Å². The first-order valence-corrected chi connectivity index (χ1v) is 8.15. The van der Waals surface area contributed by atoms with Crippen LogP contribution in [0.4, 0.5) is 0 Å². The first-order chi connectivity index (χ1) is 9.33. The van der Waals surface area contributed by atoms with Crippen molar-refractivity contribution < 1.29 is 0 Å². The van der Waals surface area contributed by atoms with Crippen molar-refractivity contribution in [2.45, 2.75) is 32.2 Å². The van der Waals surface area contributed by atoms with Gasteiger partial charge in [-0.05, 0) is 35.2 Å². The molecule has 0 bridgehead atoms. The van der Waals surface area contributed by atoms with E-state index >= 15 is 0 Å². The van der Waals surface area contributed by atoms with Crippen LogP contribution in [0.2, 0.25) is 0 Å². The van der Waals surface area contributed by atoms with E-state index in [1.54, 1.807) is 11.3 Å². The molecule has 1 unspecified atom stereocenters. The zero-order chi connectivity index (χ0) is 13.5.